The number of hydrogen-bond acceptors (Lipinski definition) is 4. The van der Waals surface area contributed by atoms with Gasteiger partial charge in [-0.25, -0.2) is 0 Å². The molecule has 12 rings (SSSR count). The standard InChI is InChI=1S/C54H42BN3S/c1-5-17-37(18-6-1)39-29-32-46-45(33-39)55-44-31-30-43(58-47-25-13-15-27-52(47)59-53-28-16-14-26-48(53)58)36-49(44)57(42-23-11-4-12-24-42)51-35-40(38-19-7-2-8-20-38)34-50(54(51)55)56(46)41-21-9-3-10-22-41/h1,3-6,9-18,21-36,38H,2,7-8,19-20H2. The van der Waals surface area contributed by atoms with Crippen LogP contribution in [0.3, 0.4) is 0 Å². The van der Waals surface area contributed by atoms with Crippen molar-refractivity contribution in [2.75, 3.05) is 14.7 Å². The van der Waals surface area contributed by atoms with Crippen LogP contribution in [-0.2, 0) is 0 Å². The Hall–Kier alpha value is -6.43. The van der Waals surface area contributed by atoms with E-state index in [1.807, 2.05) is 11.8 Å². The average Bonchev–Trinajstić information content (AvgIpc) is 3.31. The Morgan fingerprint density at radius 3 is 1.59 bits per heavy atom. The monoisotopic (exact) mass is 775 g/mol. The van der Waals surface area contributed by atoms with Crippen LogP contribution in [0.4, 0.5) is 51.2 Å². The van der Waals surface area contributed by atoms with E-state index in [2.05, 4.69) is 203 Å². The van der Waals surface area contributed by atoms with Crippen LogP contribution in [0.2, 0.25) is 0 Å². The molecule has 0 spiro atoms. The lowest BCUT2D eigenvalue weighted by molar-refractivity contribution is 0.444. The zero-order chi connectivity index (χ0) is 38.9. The van der Waals surface area contributed by atoms with Gasteiger partial charge in [0.15, 0.2) is 0 Å². The van der Waals surface area contributed by atoms with Gasteiger partial charge in [-0.1, -0.05) is 140 Å². The number of benzene rings is 8. The molecule has 1 aliphatic carbocycles. The summed E-state index contributed by atoms with van der Waals surface area (Å²) >= 11 is 1.86. The summed E-state index contributed by atoms with van der Waals surface area (Å²) in [6.07, 6.45) is 6.39. The first-order valence-electron chi connectivity index (χ1n) is 21.2. The van der Waals surface area contributed by atoms with Crippen LogP contribution >= 0.6 is 11.8 Å². The summed E-state index contributed by atoms with van der Waals surface area (Å²) in [5.41, 5.74) is 19.0. The summed E-state index contributed by atoms with van der Waals surface area (Å²) in [6.45, 7) is 0.0273. The van der Waals surface area contributed by atoms with Crippen molar-refractivity contribution >= 4 is 86.0 Å². The van der Waals surface area contributed by atoms with Gasteiger partial charge in [-0.05, 0) is 131 Å². The lowest BCUT2D eigenvalue weighted by atomic mass is 9.33. The van der Waals surface area contributed by atoms with Gasteiger partial charge >= 0.3 is 0 Å². The lowest BCUT2D eigenvalue weighted by Gasteiger charge is -2.45. The predicted molar refractivity (Wildman–Crippen MR) is 251 cm³/mol. The molecule has 5 heteroatoms. The molecule has 4 aliphatic rings. The van der Waals surface area contributed by atoms with E-state index in [-0.39, 0.29) is 6.71 Å². The molecule has 0 radical (unpaired) electrons. The first-order valence-corrected chi connectivity index (χ1v) is 22.0. The number of anilines is 9. The van der Waals surface area contributed by atoms with Gasteiger partial charge in [-0.3, -0.25) is 0 Å². The minimum absolute atomic E-state index is 0.0273. The molecule has 59 heavy (non-hydrogen) atoms. The molecule has 282 valence electrons. The van der Waals surface area contributed by atoms with E-state index in [1.165, 1.54) is 120 Å². The van der Waals surface area contributed by atoms with Gasteiger partial charge in [0.05, 0.1) is 11.4 Å². The van der Waals surface area contributed by atoms with E-state index in [0.717, 1.165) is 5.69 Å². The van der Waals surface area contributed by atoms with Gasteiger partial charge in [0, 0.05) is 49.6 Å². The van der Waals surface area contributed by atoms with Crippen LogP contribution in [0.15, 0.2) is 198 Å². The van der Waals surface area contributed by atoms with Crippen LogP contribution in [-0.4, -0.2) is 6.71 Å². The van der Waals surface area contributed by atoms with Crippen molar-refractivity contribution in [3.05, 3.63) is 194 Å². The molecule has 0 saturated heterocycles. The second-order valence-electron chi connectivity index (χ2n) is 16.3. The van der Waals surface area contributed by atoms with E-state index < -0.39 is 0 Å². The molecule has 0 unspecified atom stereocenters. The molecule has 1 saturated carbocycles. The first kappa shape index (κ1) is 34.6. The van der Waals surface area contributed by atoms with E-state index in [4.69, 9.17) is 0 Å². The largest absolute Gasteiger partial charge is 0.311 e. The van der Waals surface area contributed by atoms with E-state index in [1.54, 1.807) is 0 Å². The Labute approximate surface area is 351 Å². The van der Waals surface area contributed by atoms with Gasteiger partial charge < -0.3 is 14.7 Å². The fourth-order valence-electron chi connectivity index (χ4n) is 10.3. The third kappa shape index (κ3) is 5.67. The molecule has 0 amide bonds. The number of para-hydroxylation sites is 4. The predicted octanol–water partition coefficient (Wildman–Crippen LogP) is 13.4. The number of nitrogens with zero attached hydrogens (tertiary/aromatic N) is 3. The molecule has 0 N–H and O–H groups in total. The van der Waals surface area contributed by atoms with Crippen molar-refractivity contribution in [3.8, 4) is 11.1 Å². The van der Waals surface area contributed by atoms with Crippen molar-refractivity contribution < 1.29 is 0 Å². The minimum atomic E-state index is 0.0273. The summed E-state index contributed by atoms with van der Waals surface area (Å²) in [4.78, 5) is 10.2. The second-order valence-corrected chi connectivity index (χ2v) is 17.4. The van der Waals surface area contributed by atoms with Gasteiger partial charge in [0.25, 0.3) is 6.71 Å². The summed E-state index contributed by atoms with van der Waals surface area (Å²) < 4.78 is 0. The highest BCUT2D eigenvalue weighted by Crippen LogP contribution is 2.53. The van der Waals surface area contributed by atoms with Crippen LogP contribution in [0.1, 0.15) is 43.6 Å². The zero-order valence-corrected chi connectivity index (χ0v) is 33.7. The third-order valence-electron chi connectivity index (χ3n) is 13.0. The van der Waals surface area contributed by atoms with Gasteiger partial charge in [0.2, 0.25) is 0 Å². The molecular formula is C54H42BN3S. The fraction of sp³-hybridized carbons (Fsp3) is 0.111. The highest BCUT2D eigenvalue weighted by molar-refractivity contribution is 7.99. The maximum atomic E-state index is 2.59. The normalized spacial score (nSPS) is 15.2. The highest BCUT2D eigenvalue weighted by Gasteiger charge is 2.44. The molecule has 8 aromatic rings. The van der Waals surface area contributed by atoms with Crippen LogP contribution < -0.4 is 31.1 Å². The SMILES string of the molecule is c1ccc(-c2ccc3c(c2)B2c4ccc(N5c6ccccc6Sc6ccccc65)cc4N(c4ccccc4)c4cc(C5CCCCC5)cc(c42)N3c2ccccc2)cc1. The topological polar surface area (TPSA) is 9.72 Å². The molecule has 3 aliphatic heterocycles. The Morgan fingerprint density at radius 1 is 0.390 bits per heavy atom. The average molecular weight is 776 g/mol. The van der Waals surface area contributed by atoms with Crippen molar-refractivity contribution in [3.63, 3.8) is 0 Å². The molecular weight excluding hydrogens is 733 g/mol. The molecule has 0 bridgehead atoms. The summed E-state index contributed by atoms with van der Waals surface area (Å²) in [7, 11) is 0. The smallest absolute Gasteiger partial charge is 0.252 e. The van der Waals surface area contributed by atoms with Crippen LogP contribution in [0.25, 0.3) is 11.1 Å². The second kappa shape index (κ2) is 14.1. The molecule has 3 nitrogen and oxygen atoms in total. The summed E-state index contributed by atoms with van der Waals surface area (Å²) in [6, 6.07) is 70.4. The van der Waals surface area contributed by atoms with Crippen molar-refractivity contribution in [2.45, 2.75) is 47.8 Å². The summed E-state index contributed by atoms with van der Waals surface area (Å²) in [5, 5.41) is 0. The molecule has 0 atom stereocenters. The minimum Gasteiger partial charge on any atom is -0.311 e. The Kier molecular flexibility index (Phi) is 8.29. The highest BCUT2D eigenvalue weighted by atomic mass is 32.2. The quantitative estimate of drug-likeness (QED) is 0.161. The molecule has 0 aromatic heterocycles. The maximum absolute atomic E-state index is 2.59. The van der Waals surface area contributed by atoms with Crippen molar-refractivity contribution in [2.24, 2.45) is 0 Å². The number of fused-ring (bicyclic) bond motifs is 6. The Balaban J connectivity index is 1.16. The van der Waals surface area contributed by atoms with Crippen LogP contribution in [0.5, 0.6) is 0 Å². The molecule has 1 fully saturated rings. The van der Waals surface area contributed by atoms with E-state index >= 15 is 0 Å². The first-order chi connectivity index (χ1) is 29.3. The number of rotatable bonds is 5. The van der Waals surface area contributed by atoms with Gasteiger partial charge in [-0.15, -0.1) is 0 Å². The molecule has 3 heterocycles. The summed E-state index contributed by atoms with van der Waals surface area (Å²) in [5.74, 6) is 0.535. The molecule has 8 aromatic carbocycles. The third-order valence-corrected chi connectivity index (χ3v) is 14.1. The number of hydrogen-bond donors (Lipinski definition) is 0. The van der Waals surface area contributed by atoms with Crippen molar-refractivity contribution in [1.82, 2.24) is 0 Å². The Bertz CT molecular complexity index is 2830. The van der Waals surface area contributed by atoms with E-state index in [0.29, 0.717) is 5.92 Å². The zero-order valence-electron chi connectivity index (χ0n) is 32.8. The van der Waals surface area contributed by atoms with Crippen molar-refractivity contribution in [1.29, 1.82) is 0 Å². The lowest BCUT2D eigenvalue weighted by Crippen LogP contribution is -2.61. The van der Waals surface area contributed by atoms with Gasteiger partial charge in [0.1, 0.15) is 0 Å². The fourth-order valence-corrected chi connectivity index (χ4v) is 11.4. The van der Waals surface area contributed by atoms with E-state index in [9.17, 15) is 0 Å². The maximum Gasteiger partial charge on any atom is 0.252 e. The van der Waals surface area contributed by atoms with Gasteiger partial charge in [-0.2, -0.15) is 0 Å². The van der Waals surface area contributed by atoms with Crippen LogP contribution in [0, 0.1) is 0 Å². The Morgan fingerprint density at radius 2 is 0.949 bits per heavy atom.